The summed E-state index contributed by atoms with van der Waals surface area (Å²) in [5.74, 6) is 0.554. The summed E-state index contributed by atoms with van der Waals surface area (Å²) in [5, 5.41) is 12.4. The van der Waals surface area contributed by atoms with E-state index >= 15 is 0 Å². The highest BCUT2D eigenvalue weighted by Crippen LogP contribution is 2.25. The van der Waals surface area contributed by atoms with Crippen LogP contribution in [0.25, 0.3) is 10.9 Å². The second kappa shape index (κ2) is 10.1. The monoisotopic (exact) mass is 442 g/mol. The molecule has 0 radical (unpaired) electrons. The summed E-state index contributed by atoms with van der Waals surface area (Å²) in [6.07, 6.45) is 7.33. The smallest absolute Gasteiger partial charge is 0.263 e. The third-order valence-electron chi connectivity index (χ3n) is 6.22. The molecule has 2 heterocycles. The molecule has 1 aliphatic heterocycles. The van der Waals surface area contributed by atoms with Gasteiger partial charge < -0.3 is 14.7 Å². The number of aliphatic hydroxyl groups is 1. The van der Waals surface area contributed by atoms with Crippen molar-refractivity contribution in [1.82, 2.24) is 14.5 Å². The van der Waals surface area contributed by atoms with E-state index in [2.05, 4.69) is 10.3 Å². The van der Waals surface area contributed by atoms with Gasteiger partial charge in [-0.3, -0.25) is 24.3 Å². The number of hydrogen-bond donors (Lipinski definition) is 2. The summed E-state index contributed by atoms with van der Waals surface area (Å²) in [6.45, 7) is 0.758. The topological polar surface area (TPSA) is 114 Å². The standard InChI is InChI=1S/C23H30N4O5/c28-13-12-26(16-7-2-1-3-8-16)20(30)11-4-5-14-32-18-10-6-9-17-21(18)25-23-24-19(29)15-27(23)22(17)31/h6,9-10,16,28H,1-5,7-8,11-15H2,(H,24,25,29). The number of aromatic nitrogens is 2. The van der Waals surface area contributed by atoms with E-state index in [1.165, 1.54) is 11.0 Å². The summed E-state index contributed by atoms with van der Waals surface area (Å²) in [6, 6.07) is 5.41. The molecule has 172 valence electrons. The van der Waals surface area contributed by atoms with Gasteiger partial charge in [-0.1, -0.05) is 25.3 Å². The van der Waals surface area contributed by atoms with E-state index in [4.69, 9.17) is 4.74 Å². The predicted octanol–water partition coefficient (Wildman–Crippen LogP) is 2.05. The van der Waals surface area contributed by atoms with Gasteiger partial charge in [-0.25, -0.2) is 4.98 Å². The maximum Gasteiger partial charge on any atom is 0.263 e. The summed E-state index contributed by atoms with van der Waals surface area (Å²) < 4.78 is 7.20. The van der Waals surface area contributed by atoms with E-state index < -0.39 is 0 Å². The van der Waals surface area contributed by atoms with Gasteiger partial charge in [0.1, 0.15) is 17.8 Å². The fourth-order valence-electron chi connectivity index (χ4n) is 4.60. The van der Waals surface area contributed by atoms with Gasteiger partial charge in [-0.2, -0.15) is 0 Å². The molecule has 2 amide bonds. The van der Waals surface area contributed by atoms with E-state index in [1.54, 1.807) is 18.2 Å². The molecule has 1 saturated carbocycles. The highest BCUT2D eigenvalue weighted by atomic mass is 16.5. The first-order valence-electron chi connectivity index (χ1n) is 11.4. The van der Waals surface area contributed by atoms with Gasteiger partial charge in [0.2, 0.25) is 17.8 Å². The minimum atomic E-state index is -0.272. The lowest BCUT2D eigenvalue weighted by atomic mass is 9.94. The molecule has 0 unspecified atom stereocenters. The summed E-state index contributed by atoms with van der Waals surface area (Å²) in [5.41, 5.74) is 0.152. The van der Waals surface area contributed by atoms with Crippen molar-refractivity contribution in [2.75, 3.05) is 25.1 Å². The lowest BCUT2D eigenvalue weighted by Gasteiger charge is -2.34. The van der Waals surface area contributed by atoms with Crippen LogP contribution in [0.3, 0.4) is 0 Å². The Balaban J connectivity index is 1.32. The van der Waals surface area contributed by atoms with Gasteiger partial charge in [0.05, 0.1) is 18.6 Å². The average Bonchev–Trinajstić information content (AvgIpc) is 3.18. The average molecular weight is 443 g/mol. The summed E-state index contributed by atoms with van der Waals surface area (Å²) in [4.78, 5) is 43.2. The Morgan fingerprint density at radius 1 is 1.22 bits per heavy atom. The van der Waals surface area contributed by atoms with E-state index in [9.17, 15) is 19.5 Å². The largest absolute Gasteiger partial charge is 0.491 e. The number of para-hydroxylation sites is 1. The zero-order valence-corrected chi connectivity index (χ0v) is 18.2. The zero-order chi connectivity index (χ0) is 22.5. The molecule has 1 aromatic carbocycles. The Morgan fingerprint density at radius 3 is 2.81 bits per heavy atom. The van der Waals surface area contributed by atoms with Crippen LogP contribution in [0.1, 0.15) is 51.4 Å². The molecule has 2 aliphatic rings. The number of rotatable bonds is 9. The normalized spacial score (nSPS) is 16.1. The third-order valence-corrected chi connectivity index (χ3v) is 6.22. The number of carbonyl (C=O) groups excluding carboxylic acids is 2. The van der Waals surface area contributed by atoms with Gasteiger partial charge in [-0.05, 0) is 37.8 Å². The van der Waals surface area contributed by atoms with Crippen LogP contribution in [0, 0.1) is 0 Å². The van der Waals surface area contributed by atoms with E-state index in [0.29, 0.717) is 49.1 Å². The van der Waals surface area contributed by atoms with Crippen molar-refractivity contribution in [3.8, 4) is 5.75 Å². The van der Waals surface area contributed by atoms with Gasteiger partial charge in [0.25, 0.3) is 5.56 Å². The van der Waals surface area contributed by atoms with E-state index in [-0.39, 0.29) is 42.5 Å². The molecule has 9 heteroatoms. The second-order valence-electron chi connectivity index (χ2n) is 8.44. The molecule has 0 bridgehead atoms. The molecule has 1 aliphatic carbocycles. The van der Waals surface area contributed by atoms with Crippen molar-refractivity contribution in [3.05, 3.63) is 28.6 Å². The molecule has 32 heavy (non-hydrogen) atoms. The lowest BCUT2D eigenvalue weighted by molar-refractivity contribution is -0.135. The Morgan fingerprint density at radius 2 is 2.03 bits per heavy atom. The number of nitrogens with zero attached hydrogens (tertiary/aromatic N) is 3. The van der Waals surface area contributed by atoms with E-state index in [1.807, 2.05) is 4.90 Å². The molecule has 1 aromatic heterocycles. The highest BCUT2D eigenvalue weighted by Gasteiger charge is 2.25. The van der Waals surface area contributed by atoms with Gasteiger partial charge in [0.15, 0.2) is 0 Å². The lowest BCUT2D eigenvalue weighted by Crippen LogP contribution is -2.43. The molecule has 2 N–H and O–H groups in total. The first-order valence-corrected chi connectivity index (χ1v) is 11.4. The number of carbonyl (C=O) groups is 2. The Hall–Kier alpha value is -2.94. The number of aliphatic hydroxyl groups excluding tert-OH is 1. The molecule has 4 rings (SSSR count). The fraction of sp³-hybridized carbons (Fsp3) is 0.565. The number of benzene rings is 1. The highest BCUT2D eigenvalue weighted by molar-refractivity contribution is 5.95. The zero-order valence-electron chi connectivity index (χ0n) is 18.2. The first kappa shape index (κ1) is 22.3. The van der Waals surface area contributed by atoms with Crippen LogP contribution in [0.4, 0.5) is 5.95 Å². The Bertz CT molecular complexity index is 1040. The summed E-state index contributed by atoms with van der Waals surface area (Å²) in [7, 11) is 0. The molecule has 9 nitrogen and oxygen atoms in total. The molecule has 2 aromatic rings. The molecular formula is C23H30N4O5. The Labute approximate surface area is 186 Å². The number of anilines is 1. The van der Waals surface area contributed by atoms with Crippen LogP contribution in [-0.4, -0.2) is 57.2 Å². The number of fused-ring (bicyclic) bond motifs is 2. The van der Waals surface area contributed by atoms with Gasteiger partial charge in [0, 0.05) is 19.0 Å². The maximum atomic E-state index is 12.7. The minimum Gasteiger partial charge on any atom is -0.491 e. The van der Waals surface area contributed by atoms with Crippen LogP contribution in [0.5, 0.6) is 5.75 Å². The number of unbranched alkanes of at least 4 members (excludes halogenated alkanes) is 1. The maximum absolute atomic E-state index is 12.7. The van der Waals surface area contributed by atoms with Gasteiger partial charge >= 0.3 is 0 Å². The van der Waals surface area contributed by atoms with Crippen molar-refractivity contribution in [2.24, 2.45) is 0 Å². The quantitative estimate of drug-likeness (QED) is 0.575. The molecule has 0 atom stereocenters. The molecule has 1 fully saturated rings. The third kappa shape index (κ3) is 4.77. The predicted molar refractivity (Wildman–Crippen MR) is 120 cm³/mol. The van der Waals surface area contributed by atoms with Gasteiger partial charge in [-0.15, -0.1) is 0 Å². The van der Waals surface area contributed by atoms with E-state index in [0.717, 1.165) is 25.7 Å². The van der Waals surface area contributed by atoms with Crippen LogP contribution < -0.4 is 15.6 Å². The fourth-order valence-corrected chi connectivity index (χ4v) is 4.60. The van der Waals surface area contributed by atoms with Crippen LogP contribution >= 0.6 is 0 Å². The molecule has 0 spiro atoms. The number of ether oxygens (including phenoxy) is 1. The minimum absolute atomic E-state index is 0.0103. The van der Waals surface area contributed by atoms with Crippen LogP contribution in [0.2, 0.25) is 0 Å². The number of hydrogen-bond acceptors (Lipinski definition) is 6. The number of nitrogens with one attached hydrogen (secondary N) is 1. The molecular weight excluding hydrogens is 412 g/mol. The van der Waals surface area contributed by atoms with Crippen molar-refractivity contribution in [1.29, 1.82) is 0 Å². The van der Waals surface area contributed by atoms with Crippen LogP contribution in [0.15, 0.2) is 23.0 Å². The second-order valence-corrected chi connectivity index (χ2v) is 8.44. The van der Waals surface area contributed by atoms with Crippen LogP contribution in [-0.2, 0) is 16.1 Å². The summed E-state index contributed by atoms with van der Waals surface area (Å²) >= 11 is 0. The van der Waals surface area contributed by atoms with Crippen molar-refractivity contribution >= 4 is 28.7 Å². The first-order chi connectivity index (χ1) is 15.6. The number of amides is 2. The molecule has 0 saturated heterocycles. The van der Waals surface area contributed by atoms with Crippen molar-refractivity contribution < 1.29 is 19.4 Å². The van der Waals surface area contributed by atoms with Crippen molar-refractivity contribution in [2.45, 2.75) is 64.0 Å². The Kier molecular flexibility index (Phi) is 7.04. The van der Waals surface area contributed by atoms with Crippen molar-refractivity contribution in [3.63, 3.8) is 0 Å². The SMILES string of the molecule is O=C1Cn2c(nc3c(OCCCCC(=O)N(CCO)C4CCCCC4)cccc3c2=O)N1.